The van der Waals surface area contributed by atoms with Crippen molar-refractivity contribution in [3.8, 4) is 5.75 Å². The molecule has 146 valence electrons. The number of rotatable bonds is 5. The average Bonchev–Trinajstić information content (AvgIpc) is 3.10. The summed E-state index contributed by atoms with van der Waals surface area (Å²) in [5, 5.41) is 1.26. The van der Waals surface area contributed by atoms with E-state index in [1.54, 1.807) is 24.3 Å². The van der Waals surface area contributed by atoms with Crippen molar-refractivity contribution in [2.45, 2.75) is 6.61 Å². The Morgan fingerprint density at radius 1 is 0.897 bits per heavy atom. The van der Waals surface area contributed by atoms with Crippen LogP contribution in [0.5, 0.6) is 5.75 Å². The Labute approximate surface area is 183 Å². The molecule has 1 aliphatic rings. The third kappa shape index (κ3) is 4.13. The van der Waals surface area contributed by atoms with E-state index in [1.807, 2.05) is 42.5 Å². The van der Waals surface area contributed by atoms with Gasteiger partial charge in [0.05, 0.1) is 15.6 Å². The topological polar surface area (TPSA) is 35.5 Å². The first kappa shape index (κ1) is 19.8. The van der Waals surface area contributed by atoms with Crippen LogP contribution >= 0.6 is 34.8 Å². The fraction of sp³-hybridized carbons (Fsp3) is 0.0870. The van der Waals surface area contributed by atoms with Gasteiger partial charge >= 0.3 is 5.97 Å². The molecular weight excluding hydrogens is 431 g/mol. The molecule has 0 atom stereocenters. The number of halogens is 3. The van der Waals surface area contributed by atoms with Crippen LogP contribution in [0, 0.1) is 0 Å². The van der Waals surface area contributed by atoms with Gasteiger partial charge < -0.3 is 9.47 Å². The Morgan fingerprint density at radius 3 is 2.34 bits per heavy atom. The molecule has 0 spiro atoms. The maximum Gasteiger partial charge on any atom is 0.339 e. The molecule has 0 bridgehead atoms. The summed E-state index contributed by atoms with van der Waals surface area (Å²) in [5.41, 5.74) is 3.48. The van der Waals surface area contributed by atoms with Crippen molar-refractivity contribution in [1.82, 2.24) is 0 Å². The van der Waals surface area contributed by atoms with E-state index in [-0.39, 0.29) is 11.6 Å². The third-order valence-electron chi connectivity index (χ3n) is 4.59. The van der Waals surface area contributed by atoms with E-state index in [1.165, 1.54) is 0 Å². The summed E-state index contributed by atoms with van der Waals surface area (Å²) >= 11 is 18.9. The Balaban J connectivity index is 1.74. The van der Waals surface area contributed by atoms with E-state index in [2.05, 4.69) is 0 Å². The zero-order valence-electron chi connectivity index (χ0n) is 15.1. The van der Waals surface area contributed by atoms with Crippen molar-refractivity contribution in [3.05, 3.63) is 98.5 Å². The van der Waals surface area contributed by atoms with Crippen LogP contribution < -0.4 is 4.74 Å². The van der Waals surface area contributed by atoms with E-state index >= 15 is 0 Å². The molecule has 0 N–H and O–H groups in total. The van der Waals surface area contributed by atoms with Gasteiger partial charge in [-0.2, -0.15) is 0 Å². The summed E-state index contributed by atoms with van der Waals surface area (Å²) < 4.78 is 11.2. The molecule has 4 rings (SSSR count). The van der Waals surface area contributed by atoms with Crippen molar-refractivity contribution in [1.29, 1.82) is 0 Å². The summed E-state index contributed by atoms with van der Waals surface area (Å²) in [6.45, 7) is 0.465. The predicted molar refractivity (Wildman–Crippen MR) is 116 cm³/mol. The SMILES string of the molecule is O=C1OCC(c2ccc(Cl)cc2)=C1c1ccc(Cl)c(OCc2ccccc2)c1Cl. The molecule has 0 saturated heterocycles. The first-order valence-electron chi connectivity index (χ1n) is 8.86. The van der Waals surface area contributed by atoms with Crippen LogP contribution in [-0.2, 0) is 16.1 Å². The van der Waals surface area contributed by atoms with Gasteiger partial charge in [0.15, 0.2) is 5.75 Å². The molecule has 0 aliphatic carbocycles. The molecule has 1 aliphatic heterocycles. The lowest BCUT2D eigenvalue weighted by Gasteiger charge is -2.14. The number of benzene rings is 3. The third-order valence-corrected chi connectivity index (χ3v) is 5.52. The molecule has 3 aromatic carbocycles. The number of hydrogen-bond donors (Lipinski definition) is 0. The first-order valence-corrected chi connectivity index (χ1v) is 9.99. The Morgan fingerprint density at radius 2 is 1.62 bits per heavy atom. The van der Waals surface area contributed by atoms with E-state index in [0.29, 0.717) is 33.5 Å². The number of esters is 1. The zero-order chi connectivity index (χ0) is 20.4. The second kappa shape index (κ2) is 8.50. The highest BCUT2D eigenvalue weighted by Gasteiger charge is 2.30. The number of carbonyl (C=O) groups excluding carboxylic acids is 1. The molecule has 0 saturated carbocycles. The summed E-state index contributed by atoms with van der Waals surface area (Å²) in [4.78, 5) is 12.5. The van der Waals surface area contributed by atoms with Crippen molar-refractivity contribution < 1.29 is 14.3 Å². The van der Waals surface area contributed by atoms with Crippen molar-refractivity contribution in [3.63, 3.8) is 0 Å². The van der Waals surface area contributed by atoms with E-state index in [4.69, 9.17) is 44.3 Å². The molecule has 3 aromatic rings. The van der Waals surface area contributed by atoms with Crippen LogP contribution in [0.15, 0.2) is 66.7 Å². The highest BCUT2D eigenvalue weighted by Crippen LogP contribution is 2.43. The molecule has 29 heavy (non-hydrogen) atoms. The molecule has 0 radical (unpaired) electrons. The minimum atomic E-state index is -0.437. The molecule has 0 unspecified atom stereocenters. The Hall–Kier alpha value is -2.46. The molecular formula is C23H15Cl3O3. The second-order valence-electron chi connectivity index (χ2n) is 6.45. The maximum absolute atomic E-state index is 12.5. The number of cyclic esters (lactones) is 1. The smallest absolute Gasteiger partial charge is 0.339 e. The van der Waals surface area contributed by atoms with Gasteiger partial charge in [-0.05, 0) is 29.3 Å². The fourth-order valence-corrected chi connectivity index (χ4v) is 3.84. The monoisotopic (exact) mass is 444 g/mol. The zero-order valence-corrected chi connectivity index (χ0v) is 17.4. The lowest BCUT2D eigenvalue weighted by atomic mass is 9.96. The lowest BCUT2D eigenvalue weighted by Crippen LogP contribution is -2.02. The molecule has 0 aromatic heterocycles. The number of hydrogen-bond acceptors (Lipinski definition) is 3. The largest absolute Gasteiger partial charge is 0.486 e. The van der Waals surface area contributed by atoms with E-state index in [9.17, 15) is 4.79 Å². The highest BCUT2D eigenvalue weighted by atomic mass is 35.5. The second-order valence-corrected chi connectivity index (χ2v) is 7.67. The Bertz CT molecular complexity index is 1090. The van der Waals surface area contributed by atoms with Gasteiger partial charge in [0.2, 0.25) is 0 Å². The normalized spacial score (nSPS) is 13.6. The predicted octanol–water partition coefficient (Wildman–Crippen LogP) is 6.69. The summed E-state index contributed by atoms with van der Waals surface area (Å²) in [7, 11) is 0. The highest BCUT2D eigenvalue weighted by molar-refractivity contribution is 6.40. The summed E-state index contributed by atoms with van der Waals surface area (Å²) in [5.74, 6) is -0.106. The van der Waals surface area contributed by atoms with Gasteiger partial charge in [0.25, 0.3) is 0 Å². The molecule has 3 nitrogen and oxygen atoms in total. The van der Waals surface area contributed by atoms with Gasteiger partial charge in [-0.1, -0.05) is 83.3 Å². The number of ether oxygens (including phenoxy) is 2. The van der Waals surface area contributed by atoms with Crippen LogP contribution in [0.3, 0.4) is 0 Å². The minimum absolute atomic E-state index is 0.162. The van der Waals surface area contributed by atoms with Crippen LogP contribution in [0.1, 0.15) is 16.7 Å². The first-order chi connectivity index (χ1) is 14.0. The average molecular weight is 446 g/mol. The van der Waals surface area contributed by atoms with Crippen molar-refractivity contribution >= 4 is 51.9 Å². The lowest BCUT2D eigenvalue weighted by molar-refractivity contribution is -0.133. The van der Waals surface area contributed by atoms with Crippen LogP contribution in [0.4, 0.5) is 0 Å². The summed E-state index contributed by atoms with van der Waals surface area (Å²) in [6, 6.07) is 20.3. The summed E-state index contributed by atoms with van der Waals surface area (Å²) in [6.07, 6.45) is 0. The van der Waals surface area contributed by atoms with Gasteiger partial charge in [-0.3, -0.25) is 0 Å². The van der Waals surface area contributed by atoms with E-state index in [0.717, 1.165) is 16.7 Å². The number of carbonyl (C=O) groups is 1. The molecule has 0 fully saturated rings. The standard InChI is InChI=1S/C23H15Cl3O3/c24-16-8-6-15(7-9-16)18-13-29-23(27)20(18)17-10-11-19(25)22(21(17)26)28-12-14-4-2-1-3-5-14/h1-11H,12-13H2. The maximum atomic E-state index is 12.5. The van der Waals surface area contributed by atoms with Crippen molar-refractivity contribution in [2.24, 2.45) is 0 Å². The van der Waals surface area contributed by atoms with Crippen LogP contribution in [0.2, 0.25) is 15.1 Å². The molecule has 0 amide bonds. The molecule has 1 heterocycles. The van der Waals surface area contributed by atoms with Gasteiger partial charge in [-0.25, -0.2) is 4.79 Å². The minimum Gasteiger partial charge on any atom is -0.486 e. The fourth-order valence-electron chi connectivity index (χ4n) is 3.14. The quantitative estimate of drug-likeness (QED) is 0.410. The van der Waals surface area contributed by atoms with Crippen molar-refractivity contribution in [2.75, 3.05) is 6.61 Å². The van der Waals surface area contributed by atoms with E-state index < -0.39 is 5.97 Å². The van der Waals surface area contributed by atoms with Crippen LogP contribution in [0.25, 0.3) is 11.1 Å². The van der Waals surface area contributed by atoms with Gasteiger partial charge in [0.1, 0.15) is 13.2 Å². The van der Waals surface area contributed by atoms with Gasteiger partial charge in [0, 0.05) is 16.2 Å². The van der Waals surface area contributed by atoms with Crippen LogP contribution in [-0.4, -0.2) is 12.6 Å². The molecule has 6 heteroatoms. The van der Waals surface area contributed by atoms with Gasteiger partial charge in [-0.15, -0.1) is 0 Å². The Kier molecular flexibility index (Phi) is 5.81.